The minimum absolute atomic E-state index is 0.199. The number of aromatic carboxylic acids is 2. The van der Waals surface area contributed by atoms with Gasteiger partial charge in [0.25, 0.3) is 0 Å². The van der Waals surface area contributed by atoms with Crippen LogP contribution in [0.25, 0.3) is 11.3 Å². The summed E-state index contributed by atoms with van der Waals surface area (Å²) in [6, 6.07) is 14.6. The quantitative estimate of drug-likeness (QED) is 0.665. The van der Waals surface area contributed by atoms with Gasteiger partial charge in [-0.3, -0.25) is 4.99 Å². The minimum atomic E-state index is -0.986. The second kappa shape index (κ2) is 7.06. The predicted octanol–water partition coefficient (Wildman–Crippen LogP) is 4.40. The summed E-state index contributed by atoms with van der Waals surface area (Å²) in [6.45, 7) is 1.82. The molecule has 6 heteroatoms. The highest BCUT2D eigenvalue weighted by molar-refractivity contribution is 5.89. The van der Waals surface area contributed by atoms with Crippen LogP contribution in [0.5, 0.6) is 0 Å². The molecule has 0 radical (unpaired) electrons. The van der Waals surface area contributed by atoms with Crippen LogP contribution < -0.4 is 0 Å². The van der Waals surface area contributed by atoms with Crippen LogP contribution in [-0.2, 0) is 0 Å². The molecule has 1 heterocycles. The molecule has 0 saturated carbocycles. The molecular weight excluding hydrogens is 334 g/mol. The summed E-state index contributed by atoms with van der Waals surface area (Å²) in [5, 5.41) is 17.9. The van der Waals surface area contributed by atoms with Crippen LogP contribution >= 0.6 is 0 Å². The second-order valence-electron chi connectivity index (χ2n) is 5.65. The normalized spacial score (nSPS) is 11.0. The molecule has 0 fully saturated rings. The largest absolute Gasteiger partial charge is 0.478 e. The van der Waals surface area contributed by atoms with Crippen LogP contribution in [0.1, 0.15) is 32.0 Å². The Hall–Kier alpha value is -3.67. The van der Waals surface area contributed by atoms with Crippen molar-refractivity contribution in [2.24, 2.45) is 4.99 Å². The van der Waals surface area contributed by atoms with Gasteiger partial charge in [-0.05, 0) is 61.0 Å². The van der Waals surface area contributed by atoms with E-state index >= 15 is 0 Å². The Morgan fingerprint density at radius 3 is 2.19 bits per heavy atom. The minimum Gasteiger partial charge on any atom is -0.478 e. The number of carboxylic acid groups (broad SMARTS) is 2. The second-order valence-corrected chi connectivity index (χ2v) is 5.65. The van der Waals surface area contributed by atoms with Crippen molar-refractivity contribution < 1.29 is 24.2 Å². The van der Waals surface area contributed by atoms with Gasteiger partial charge in [-0.1, -0.05) is 6.07 Å². The number of aliphatic imine (C=N–C) groups is 1. The van der Waals surface area contributed by atoms with Gasteiger partial charge in [0.1, 0.15) is 11.5 Å². The van der Waals surface area contributed by atoms with Crippen molar-refractivity contribution >= 4 is 23.8 Å². The molecule has 0 bridgehead atoms. The predicted molar refractivity (Wildman–Crippen MR) is 96.5 cm³/mol. The maximum atomic E-state index is 11.0. The Bertz CT molecular complexity index is 999. The fourth-order valence-electron chi connectivity index (χ4n) is 2.47. The van der Waals surface area contributed by atoms with E-state index in [2.05, 4.69) is 4.99 Å². The van der Waals surface area contributed by atoms with E-state index in [1.165, 1.54) is 18.2 Å². The van der Waals surface area contributed by atoms with E-state index in [-0.39, 0.29) is 11.1 Å². The lowest BCUT2D eigenvalue weighted by atomic mass is 10.0. The fraction of sp³-hybridized carbons (Fsp3) is 0.0500. The van der Waals surface area contributed by atoms with Gasteiger partial charge in [0.05, 0.1) is 23.0 Å². The highest BCUT2D eigenvalue weighted by Crippen LogP contribution is 2.26. The zero-order valence-corrected chi connectivity index (χ0v) is 13.8. The number of hydrogen-bond donors (Lipinski definition) is 2. The molecule has 0 saturated heterocycles. The Kier molecular flexibility index (Phi) is 4.66. The summed E-state index contributed by atoms with van der Waals surface area (Å²) in [7, 11) is 0. The number of benzene rings is 2. The maximum absolute atomic E-state index is 11.0. The summed E-state index contributed by atoms with van der Waals surface area (Å²) in [5.41, 5.74) is 2.64. The van der Waals surface area contributed by atoms with Crippen LogP contribution in [0.4, 0.5) is 5.69 Å². The van der Waals surface area contributed by atoms with Gasteiger partial charge in [0.2, 0.25) is 0 Å². The maximum Gasteiger partial charge on any atom is 0.335 e. The zero-order valence-electron chi connectivity index (χ0n) is 13.8. The lowest BCUT2D eigenvalue weighted by Crippen LogP contribution is -1.96. The third-order valence-corrected chi connectivity index (χ3v) is 3.82. The summed E-state index contributed by atoms with van der Waals surface area (Å²) < 4.78 is 5.74. The van der Waals surface area contributed by atoms with Crippen LogP contribution in [-0.4, -0.2) is 28.4 Å². The summed E-state index contributed by atoms with van der Waals surface area (Å²) >= 11 is 0. The molecule has 0 aliphatic rings. The molecule has 0 amide bonds. The monoisotopic (exact) mass is 349 g/mol. The van der Waals surface area contributed by atoms with E-state index < -0.39 is 11.9 Å². The number of aryl methyl sites for hydroxylation is 1. The highest BCUT2D eigenvalue weighted by Gasteiger charge is 2.10. The van der Waals surface area contributed by atoms with E-state index in [1.54, 1.807) is 42.6 Å². The van der Waals surface area contributed by atoms with Crippen molar-refractivity contribution in [2.45, 2.75) is 6.92 Å². The number of carbonyl (C=O) groups is 2. The van der Waals surface area contributed by atoms with Gasteiger partial charge in [0, 0.05) is 5.56 Å². The number of carboxylic acids is 2. The van der Waals surface area contributed by atoms with Crippen molar-refractivity contribution in [3.8, 4) is 11.3 Å². The van der Waals surface area contributed by atoms with E-state index in [0.29, 0.717) is 17.2 Å². The summed E-state index contributed by atoms with van der Waals surface area (Å²) in [4.78, 5) is 26.1. The van der Waals surface area contributed by atoms with Crippen molar-refractivity contribution in [3.63, 3.8) is 0 Å². The van der Waals surface area contributed by atoms with Crippen molar-refractivity contribution in [2.75, 3.05) is 0 Å². The zero-order chi connectivity index (χ0) is 18.7. The molecule has 0 atom stereocenters. The fourth-order valence-corrected chi connectivity index (χ4v) is 2.47. The third kappa shape index (κ3) is 3.70. The molecule has 130 valence electrons. The third-order valence-electron chi connectivity index (χ3n) is 3.82. The molecular formula is C20H15NO5. The molecule has 2 N–H and O–H groups in total. The van der Waals surface area contributed by atoms with Crippen LogP contribution in [0.3, 0.4) is 0 Å². The first-order valence-electron chi connectivity index (χ1n) is 7.75. The molecule has 0 unspecified atom stereocenters. The lowest BCUT2D eigenvalue weighted by molar-refractivity contribution is 0.0686. The van der Waals surface area contributed by atoms with Gasteiger partial charge < -0.3 is 14.6 Å². The molecule has 3 rings (SSSR count). The van der Waals surface area contributed by atoms with Gasteiger partial charge >= 0.3 is 11.9 Å². The first kappa shape index (κ1) is 17.2. The molecule has 6 nitrogen and oxygen atoms in total. The number of nitrogens with zero attached hydrogens (tertiary/aromatic N) is 1. The SMILES string of the molecule is Cc1cc(C(=O)O)ccc1-c1ccc(C=Nc2ccc(C(=O)O)cc2)o1. The Morgan fingerprint density at radius 1 is 0.923 bits per heavy atom. The van der Waals surface area contributed by atoms with E-state index in [1.807, 2.05) is 6.92 Å². The van der Waals surface area contributed by atoms with Crippen LogP contribution in [0, 0.1) is 6.92 Å². The number of hydrogen-bond acceptors (Lipinski definition) is 4. The van der Waals surface area contributed by atoms with E-state index in [0.717, 1.165) is 11.1 Å². The van der Waals surface area contributed by atoms with E-state index in [9.17, 15) is 9.59 Å². The molecule has 1 aromatic heterocycles. The summed E-state index contributed by atoms with van der Waals surface area (Å²) in [6.07, 6.45) is 1.54. The number of rotatable bonds is 5. The average molecular weight is 349 g/mol. The van der Waals surface area contributed by atoms with Crippen LogP contribution in [0.2, 0.25) is 0 Å². The van der Waals surface area contributed by atoms with Gasteiger partial charge in [-0.15, -0.1) is 0 Å². The Morgan fingerprint density at radius 2 is 1.58 bits per heavy atom. The topological polar surface area (TPSA) is 100 Å². The molecule has 0 aliphatic carbocycles. The first-order valence-corrected chi connectivity index (χ1v) is 7.75. The van der Waals surface area contributed by atoms with E-state index in [4.69, 9.17) is 14.6 Å². The van der Waals surface area contributed by atoms with Gasteiger partial charge in [-0.2, -0.15) is 0 Å². The molecule has 0 spiro atoms. The van der Waals surface area contributed by atoms with Crippen LogP contribution in [0.15, 0.2) is 64.0 Å². The van der Waals surface area contributed by atoms with Crippen molar-refractivity contribution in [1.29, 1.82) is 0 Å². The average Bonchev–Trinajstić information content (AvgIpc) is 3.08. The van der Waals surface area contributed by atoms with Crippen molar-refractivity contribution in [3.05, 3.63) is 77.0 Å². The Labute approximate surface area is 149 Å². The lowest BCUT2D eigenvalue weighted by Gasteiger charge is -2.03. The first-order chi connectivity index (χ1) is 12.4. The van der Waals surface area contributed by atoms with Gasteiger partial charge in [0.15, 0.2) is 0 Å². The smallest absolute Gasteiger partial charge is 0.335 e. The molecule has 0 aliphatic heterocycles. The molecule has 3 aromatic rings. The highest BCUT2D eigenvalue weighted by atomic mass is 16.4. The standard InChI is InChI=1S/C20H15NO5/c1-12-10-14(20(24)25)4-8-17(12)18-9-7-16(26-18)11-21-15-5-2-13(3-6-15)19(22)23/h2-11H,1H3,(H,22,23)(H,24,25). The molecule has 2 aromatic carbocycles. The summed E-state index contributed by atoms with van der Waals surface area (Å²) in [5.74, 6) is -0.813. The van der Waals surface area contributed by atoms with Gasteiger partial charge in [-0.25, -0.2) is 9.59 Å². The molecule has 26 heavy (non-hydrogen) atoms. The Balaban J connectivity index is 1.79. The number of furan rings is 1. The van der Waals surface area contributed by atoms with Crippen molar-refractivity contribution in [1.82, 2.24) is 0 Å².